The number of carbonyl (C=O) groups is 2. The van der Waals surface area contributed by atoms with Crippen molar-refractivity contribution in [3.8, 4) is 5.75 Å². The predicted molar refractivity (Wildman–Crippen MR) is 149 cm³/mol. The minimum atomic E-state index is -0.343. The van der Waals surface area contributed by atoms with Gasteiger partial charge in [-0.25, -0.2) is 4.79 Å². The van der Waals surface area contributed by atoms with E-state index in [2.05, 4.69) is 17.4 Å². The van der Waals surface area contributed by atoms with Gasteiger partial charge in [0, 0.05) is 35.5 Å². The fourth-order valence-electron chi connectivity index (χ4n) is 3.90. The van der Waals surface area contributed by atoms with Gasteiger partial charge in [-0.2, -0.15) is 0 Å². The molecule has 0 spiro atoms. The molecule has 0 saturated heterocycles. The molecule has 0 saturated carbocycles. The Labute approximate surface area is 222 Å². The van der Waals surface area contributed by atoms with Crippen molar-refractivity contribution in [1.29, 1.82) is 0 Å². The van der Waals surface area contributed by atoms with Gasteiger partial charge in [-0.1, -0.05) is 78.5 Å². The molecular weight excluding hydrogens is 480 g/mol. The normalized spacial score (nSPS) is 10.5. The van der Waals surface area contributed by atoms with Crippen molar-refractivity contribution in [2.75, 3.05) is 11.4 Å². The predicted octanol–water partition coefficient (Wildman–Crippen LogP) is 7.11. The smallest absolute Gasteiger partial charge is 0.322 e. The van der Waals surface area contributed by atoms with Gasteiger partial charge in [0.25, 0.3) is 0 Å². The molecule has 0 aliphatic heterocycles. The van der Waals surface area contributed by atoms with Gasteiger partial charge in [0.05, 0.1) is 0 Å². The van der Waals surface area contributed by atoms with E-state index >= 15 is 0 Å². The number of hydrogen-bond donors (Lipinski definition) is 1. The van der Waals surface area contributed by atoms with E-state index in [1.807, 2.05) is 95.9 Å². The maximum Gasteiger partial charge on any atom is 0.322 e. The first-order valence-corrected chi connectivity index (χ1v) is 13.1. The molecular formula is C31H30N2O3S. The number of aryl methyl sites for hydroxylation is 1. The highest BCUT2D eigenvalue weighted by molar-refractivity contribution is 7.99. The molecule has 0 atom stereocenters. The Kier molecular flexibility index (Phi) is 9.38. The fraction of sp³-hybridized carbons (Fsp3) is 0.161. The summed E-state index contributed by atoms with van der Waals surface area (Å²) >= 11 is 1.57. The zero-order chi connectivity index (χ0) is 25.9. The molecule has 0 aromatic heterocycles. The maximum absolute atomic E-state index is 13.2. The van der Waals surface area contributed by atoms with Crippen LogP contribution in [0.4, 0.5) is 10.5 Å². The number of anilines is 1. The average molecular weight is 511 g/mol. The SMILES string of the molecule is CC(=O)Oc1cccc(Sc2ccc(N(CCCc3ccccc3)C(=O)NCc3ccccc3)cc2)c1. The third kappa shape index (κ3) is 8.26. The minimum Gasteiger partial charge on any atom is -0.427 e. The Hall–Kier alpha value is -4.03. The van der Waals surface area contributed by atoms with Crippen molar-refractivity contribution in [1.82, 2.24) is 5.32 Å². The van der Waals surface area contributed by atoms with Gasteiger partial charge >= 0.3 is 12.0 Å². The number of nitrogens with one attached hydrogen (secondary N) is 1. The number of carbonyl (C=O) groups excluding carboxylic acids is 2. The van der Waals surface area contributed by atoms with E-state index in [-0.39, 0.29) is 12.0 Å². The molecule has 37 heavy (non-hydrogen) atoms. The molecule has 0 fully saturated rings. The number of nitrogens with zero attached hydrogens (tertiary/aromatic N) is 1. The number of urea groups is 1. The molecule has 4 aromatic carbocycles. The Morgan fingerprint density at radius 1 is 0.784 bits per heavy atom. The van der Waals surface area contributed by atoms with E-state index in [0.717, 1.165) is 33.9 Å². The highest BCUT2D eigenvalue weighted by Crippen LogP contribution is 2.31. The number of esters is 1. The van der Waals surface area contributed by atoms with Crippen LogP contribution in [-0.2, 0) is 17.8 Å². The van der Waals surface area contributed by atoms with E-state index in [9.17, 15) is 9.59 Å². The average Bonchev–Trinajstić information content (AvgIpc) is 2.91. The quantitative estimate of drug-likeness (QED) is 0.182. The third-order valence-electron chi connectivity index (χ3n) is 5.67. The first kappa shape index (κ1) is 26.0. The lowest BCUT2D eigenvalue weighted by Crippen LogP contribution is -2.40. The van der Waals surface area contributed by atoms with Gasteiger partial charge in [0.1, 0.15) is 5.75 Å². The van der Waals surface area contributed by atoms with Gasteiger partial charge in [-0.05, 0) is 66.4 Å². The number of benzene rings is 4. The van der Waals surface area contributed by atoms with Gasteiger partial charge in [0.2, 0.25) is 0 Å². The lowest BCUT2D eigenvalue weighted by Gasteiger charge is -2.24. The van der Waals surface area contributed by atoms with Crippen molar-refractivity contribution in [3.05, 3.63) is 120 Å². The van der Waals surface area contributed by atoms with Crippen LogP contribution in [0.25, 0.3) is 0 Å². The van der Waals surface area contributed by atoms with Gasteiger partial charge in [0.15, 0.2) is 0 Å². The second kappa shape index (κ2) is 13.3. The van der Waals surface area contributed by atoms with Crippen LogP contribution in [0.2, 0.25) is 0 Å². The van der Waals surface area contributed by atoms with Gasteiger partial charge < -0.3 is 10.1 Å². The van der Waals surface area contributed by atoms with Crippen molar-refractivity contribution in [2.45, 2.75) is 36.1 Å². The molecule has 188 valence electrons. The molecule has 4 aromatic rings. The number of ether oxygens (including phenoxy) is 1. The Balaban J connectivity index is 1.44. The van der Waals surface area contributed by atoms with Gasteiger partial charge in [-0.15, -0.1) is 0 Å². The Morgan fingerprint density at radius 3 is 2.14 bits per heavy atom. The first-order valence-electron chi connectivity index (χ1n) is 12.3. The molecule has 0 aliphatic carbocycles. The number of rotatable bonds is 10. The van der Waals surface area contributed by atoms with Crippen molar-refractivity contribution < 1.29 is 14.3 Å². The van der Waals surface area contributed by atoms with E-state index in [1.54, 1.807) is 17.8 Å². The van der Waals surface area contributed by atoms with Crippen LogP contribution in [0, 0.1) is 0 Å². The van der Waals surface area contributed by atoms with Crippen LogP contribution in [0.3, 0.4) is 0 Å². The lowest BCUT2D eigenvalue weighted by atomic mass is 10.1. The molecule has 0 heterocycles. The van der Waals surface area contributed by atoms with Crippen LogP contribution in [-0.4, -0.2) is 18.5 Å². The molecule has 0 radical (unpaired) electrons. The largest absolute Gasteiger partial charge is 0.427 e. The molecule has 5 nitrogen and oxygen atoms in total. The first-order chi connectivity index (χ1) is 18.1. The molecule has 4 rings (SSSR count). The summed E-state index contributed by atoms with van der Waals surface area (Å²) in [6.07, 6.45) is 1.75. The Morgan fingerprint density at radius 2 is 1.46 bits per heavy atom. The van der Waals surface area contributed by atoms with Crippen molar-refractivity contribution in [2.24, 2.45) is 0 Å². The molecule has 1 N–H and O–H groups in total. The fourth-order valence-corrected chi connectivity index (χ4v) is 4.77. The highest BCUT2D eigenvalue weighted by Gasteiger charge is 2.16. The van der Waals surface area contributed by atoms with Crippen molar-refractivity contribution >= 4 is 29.4 Å². The zero-order valence-corrected chi connectivity index (χ0v) is 21.6. The van der Waals surface area contributed by atoms with E-state index in [4.69, 9.17) is 4.74 Å². The topological polar surface area (TPSA) is 58.6 Å². The van der Waals surface area contributed by atoms with E-state index in [1.165, 1.54) is 12.5 Å². The zero-order valence-electron chi connectivity index (χ0n) is 20.8. The van der Waals surface area contributed by atoms with Gasteiger partial charge in [-0.3, -0.25) is 9.69 Å². The summed E-state index contributed by atoms with van der Waals surface area (Å²) in [5.41, 5.74) is 3.16. The van der Waals surface area contributed by atoms with Crippen LogP contribution in [0.5, 0.6) is 5.75 Å². The molecule has 2 amide bonds. The highest BCUT2D eigenvalue weighted by atomic mass is 32.2. The van der Waals surface area contributed by atoms with Crippen LogP contribution >= 0.6 is 11.8 Å². The minimum absolute atomic E-state index is 0.119. The van der Waals surface area contributed by atoms with Crippen LogP contribution < -0.4 is 15.0 Å². The monoisotopic (exact) mass is 510 g/mol. The van der Waals surface area contributed by atoms with Crippen LogP contribution in [0.1, 0.15) is 24.5 Å². The standard InChI is InChI=1S/C31H30N2O3S/c1-24(34)36-28-15-8-16-30(22-28)37-29-19-17-27(18-20-29)33(21-9-14-25-10-4-2-5-11-25)31(35)32-23-26-12-6-3-7-13-26/h2-8,10-13,15-20,22H,9,14,21,23H2,1H3,(H,32,35). The van der Waals surface area contributed by atoms with Crippen molar-refractivity contribution in [3.63, 3.8) is 0 Å². The molecule has 0 unspecified atom stereocenters. The van der Waals surface area contributed by atoms with Crippen LogP contribution in [0.15, 0.2) is 119 Å². The maximum atomic E-state index is 13.2. The molecule has 0 aliphatic rings. The molecule has 6 heteroatoms. The van der Waals surface area contributed by atoms with E-state index in [0.29, 0.717) is 18.8 Å². The second-order valence-electron chi connectivity index (χ2n) is 8.55. The number of hydrogen-bond acceptors (Lipinski definition) is 4. The van der Waals surface area contributed by atoms with E-state index < -0.39 is 0 Å². The summed E-state index contributed by atoms with van der Waals surface area (Å²) in [6, 6.07) is 35.5. The number of amides is 2. The summed E-state index contributed by atoms with van der Waals surface area (Å²) in [5.74, 6) is 0.179. The second-order valence-corrected chi connectivity index (χ2v) is 9.70. The molecule has 0 bridgehead atoms. The summed E-state index contributed by atoms with van der Waals surface area (Å²) in [4.78, 5) is 28.3. The Bertz CT molecular complexity index is 1300. The summed E-state index contributed by atoms with van der Waals surface area (Å²) in [6.45, 7) is 2.47. The summed E-state index contributed by atoms with van der Waals surface area (Å²) < 4.78 is 5.19. The lowest BCUT2D eigenvalue weighted by molar-refractivity contribution is -0.131. The third-order valence-corrected chi connectivity index (χ3v) is 6.67. The summed E-state index contributed by atoms with van der Waals surface area (Å²) in [5, 5.41) is 3.06. The summed E-state index contributed by atoms with van der Waals surface area (Å²) in [7, 11) is 0.